The van der Waals surface area contributed by atoms with E-state index in [1.54, 1.807) is 12.1 Å². The molecular weight excluding hydrogens is 326 g/mol. The Morgan fingerprint density at radius 2 is 2.17 bits per heavy atom. The minimum absolute atomic E-state index is 0. The summed E-state index contributed by atoms with van der Waals surface area (Å²) in [7, 11) is 0. The molecule has 0 bridgehead atoms. The van der Waals surface area contributed by atoms with Crippen LogP contribution in [0.5, 0.6) is 5.75 Å². The topological polar surface area (TPSA) is 41.6 Å². The molecule has 4 nitrogen and oxygen atoms in total. The van der Waals surface area contributed by atoms with Gasteiger partial charge in [-0.2, -0.15) is 8.78 Å². The monoisotopic (exact) mass is 346 g/mol. The predicted molar refractivity (Wildman–Crippen MR) is 86.6 cm³/mol. The molecule has 0 aromatic heterocycles. The zero-order chi connectivity index (χ0) is 15.5. The fraction of sp³-hybridized carbons (Fsp3) is 0.562. The Labute approximate surface area is 140 Å². The molecule has 2 aliphatic rings. The molecule has 1 amide bonds. The van der Waals surface area contributed by atoms with Crippen molar-refractivity contribution < 1.29 is 18.3 Å². The van der Waals surface area contributed by atoms with Gasteiger partial charge in [0, 0.05) is 18.8 Å². The standard InChI is InChI=1S/C16H20F2N2O2.ClH/c17-16(18)22-13-5-6-14-11(9-13)4-2-8-20(14)15(21)12-3-1-7-19-10-12;/h5-6,9,12,16,19H,1-4,7-8,10H2;1H. The van der Waals surface area contributed by atoms with E-state index >= 15 is 0 Å². The molecule has 1 aromatic carbocycles. The first-order valence-corrected chi connectivity index (χ1v) is 7.75. The molecule has 2 aliphatic heterocycles. The molecular formula is C16H21ClF2N2O2. The van der Waals surface area contributed by atoms with Crippen LogP contribution >= 0.6 is 12.4 Å². The summed E-state index contributed by atoms with van der Waals surface area (Å²) in [6, 6.07) is 4.86. The molecule has 0 spiro atoms. The number of halogens is 3. The molecule has 1 saturated heterocycles. The zero-order valence-corrected chi connectivity index (χ0v) is 13.6. The fourth-order valence-electron chi connectivity index (χ4n) is 3.26. The molecule has 1 unspecified atom stereocenters. The Hall–Kier alpha value is -1.40. The maximum Gasteiger partial charge on any atom is 0.387 e. The van der Waals surface area contributed by atoms with Crippen LogP contribution in [0.2, 0.25) is 0 Å². The Morgan fingerprint density at radius 3 is 2.87 bits per heavy atom. The number of anilines is 1. The summed E-state index contributed by atoms with van der Waals surface area (Å²) in [5, 5.41) is 3.26. The first-order chi connectivity index (χ1) is 10.6. The number of hydrogen-bond donors (Lipinski definition) is 1. The molecule has 2 heterocycles. The molecule has 1 fully saturated rings. The van der Waals surface area contributed by atoms with Crippen LogP contribution in [0.1, 0.15) is 24.8 Å². The summed E-state index contributed by atoms with van der Waals surface area (Å²) >= 11 is 0. The van der Waals surface area contributed by atoms with E-state index in [-0.39, 0.29) is 30.0 Å². The molecule has 3 rings (SSSR count). The highest BCUT2D eigenvalue weighted by Gasteiger charge is 2.29. The molecule has 1 atom stereocenters. The average molecular weight is 347 g/mol. The van der Waals surface area contributed by atoms with Gasteiger partial charge >= 0.3 is 6.61 Å². The summed E-state index contributed by atoms with van der Waals surface area (Å²) in [6.07, 6.45) is 3.54. The van der Waals surface area contributed by atoms with Crippen molar-refractivity contribution in [3.8, 4) is 5.75 Å². The molecule has 0 aliphatic carbocycles. The number of nitrogens with zero attached hydrogens (tertiary/aromatic N) is 1. The van der Waals surface area contributed by atoms with Crippen LogP contribution in [-0.2, 0) is 11.2 Å². The SMILES string of the molecule is Cl.O=C(C1CCCNC1)N1CCCc2cc(OC(F)F)ccc21. The first-order valence-electron chi connectivity index (χ1n) is 7.75. The number of ether oxygens (including phenoxy) is 1. The summed E-state index contributed by atoms with van der Waals surface area (Å²) < 4.78 is 29.1. The van der Waals surface area contributed by atoms with Gasteiger partial charge in [0.25, 0.3) is 0 Å². The second kappa shape index (κ2) is 7.93. The van der Waals surface area contributed by atoms with Crippen LogP contribution in [0, 0.1) is 5.92 Å². The molecule has 128 valence electrons. The maximum absolute atomic E-state index is 12.7. The van der Waals surface area contributed by atoms with Crippen LogP contribution in [-0.4, -0.2) is 32.2 Å². The minimum atomic E-state index is -2.83. The number of aryl methyl sites for hydroxylation is 1. The summed E-state index contributed by atoms with van der Waals surface area (Å²) in [4.78, 5) is 14.5. The molecule has 1 aromatic rings. The number of fused-ring (bicyclic) bond motifs is 1. The van der Waals surface area contributed by atoms with E-state index in [1.165, 1.54) is 6.07 Å². The van der Waals surface area contributed by atoms with E-state index in [1.807, 2.05) is 4.90 Å². The highest BCUT2D eigenvalue weighted by molar-refractivity contribution is 5.96. The van der Waals surface area contributed by atoms with Gasteiger partial charge in [0.2, 0.25) is 5.91 Å². The summed E-state index contributed by atoms with van der Waals surface area (Å²) in [5.74, 6) is 0.301. The van der Waals surface area contributed by atoms with Gasteiger partial charge in [-0.25, -0.2) is 0 Å². The molecule has 0 radical (unpaired) electrons. The maximum atomic E-state index is 12.7. The van der Waals surface area contributed by atoms with Crippen molar-refractivity contribution in [1.82, 2.24) is 5.32 Å². The third-order valence-corrected chi connectivity index (χ3v) is 4.31. The molecule has 7 heteroatoms. The van der Waals surface area contributed by atoms with Crippen LogP contribution < -0.4 is 15.0 Å². The number of piperidine rings is 1. The number of hydrogen-bond acceptors (Lipinski definition) is 3. The number of alkyl halides is 2. The van der Waals surface area contributed by atoms with E-state index in [9.17, 15) is 13.6 Å². The lowest BCUT2D eigenvalue weighted by Gasteiger charge is -2.34. The smallest absolute Gasteiger partial charge is 0.387 e. The van der Waals surface area contributed by atoms with Gasteiger partial charge in [-0.3, -0.25) is 4.79 Å². The quantitative estimate of drug-likeness (QED) is 0.914. The first kappa shape index (κ1) is 17.9. The van der Waals surface area contributed by atoms with Crippen LogP contribution in [0.15, 0.2) is 18.2 Å². The number of rotatable bonds is 3. The van der Waals surface area contributed by atoms with Crippen molar-refractivity contribution in [2.24, 2.45) is 5.92 Å². The van der Waals surface area contributed by atoms with Crippen molar-refractivity contribution in [3.63, 3.8) is 0 Å². The van der Waals surface area contributed by atoms with Gasteiger partial charge < -0.3 is 15.0 Å². The molecule has 0 saturated carbocycles. The third kappa shape index (κ3) is 4.12. The Morgan fingerprint density at radius 1 is 1.35 bits per heavy atom. The second-order valence-corrected chi connectivity index (χ2v) is 5.81. The van der Waals surface area contributed by atoms with E-state index in [2.05, 4.69) is 10.1 Å². The predicted octanol–water partition coefficient (Wildman–Crippen LogP) is 2.99. The van der Waals surface area contributed by atoms with E-state index in [4.69, 9.17) is 0 Å². The van der Waals surface area contributed by atoms with Crippen molar-refractivity contribution >= 4 is 24.0 Å². The second-order valence-electron chi connectivity index (χ2n) is 5.81. The van der Waals surface area contributed by atoms with Crippen LogP contribution in [0.4, 0.5) is 14.5 Å². The Kier molecular flexibility index (Phi) is 6.18. The van der Waals surface area contributed by atoms with Gasteiger partial charge in [0.1, 0.15) is 5.75 Å². The van der Waals surface area contributed by atoms with Crippen LogP contribution in [0.25, 0.3) is 0 Å². The lowest BCUT2D eigenvalue weighted by atomic mass is 9.95. The lowest BCUT2D eigenvalue weighted by molar-refractivity contribution is -0.123. The van der Waals surface area contributed by atoms with Gasteiger partial charge in [-0.05, 0) is 56.0 Å². The van der Waals surface area contributed by atoms with Crippen LogP contribution in [0.3, 0.4) is 0 Å². The van der Waals surface area contributed by atoms with Crippen molar-refractivity contribution in [2.75, 3.05) is 24.5 Å². The largest absolute Gasteiger partial charge is 0.435 e. The normalized spacial score (nSPS) is 20.7. The van der Waals surface area contributed by atoms with Gasteiger partial charge in [-0.1, -0.05) is 0 Å². The zero-order valence-electron chi connectivity index (χ0n) is 12.8. The van der Waals surface area contributed by atoms with Gasteiger partial charge in [-0.15, -0.1) is 12.4 Å². The van der Waals surface area contributed by atoms with Gasteiger partial charge in [0.05, 0.1) is 5.92 Å². The Balaban J connectivity index is 0.00000192. The number of benzene rings is 1. The molecule has 1 N–H and O–H groups in total. The highest BCUT2D eigenvalue weighted by Crippen LogP contribution is 2.32. The third-order valence-electron chi connectivity index (χ3n) is 4.31. The fourth-order valence-corrected chi connectivity index (χ4v) is 3.26. The number of carbonyl (C=O) groups excluding carboxylic acids is 1. The van der Waals surface area contributed by atoms with Crippen molar-refractivity contribution in [1.29, 1.82) is 0 Å². The number of carbonyl (C=O) groups is 1. The van der Waals surface area contributed by atoms with Gasteiger partial charge in [0.15, 0.2) is 0 Å². The summed E-state index contributed by atoms with van der Waals surface area (Å²) in [5.41, 5.74) is 1.74. The average Bonchev–Trinajstić information content (AvgIpc) is 2.53. The van der Waals surface area contributed by atoms with Crippen molar-refractivity contribution in [2.45, 2.75) is 32.3 Å². The van der Waals surface area contributed by atoms with E-state index < -0.39 is 6.61 Å². The van der Waals surface area contributed by atoms with E-state index in [0.717, 1.165) is 50.0 Å². The number of amides is 1. The molecule has 23 heavy (non-hydrogen) atoms. The van der Waals surface area contributed by atoms with Crippen molar-refractivity contribution in [3.05, 3.63) is 23.8 Å². The highest BCUT2D eigenvalue weighted by atomic mass is 35.5. The van der Waals surface area contributed by atoms with E-state index in [0.29, 0.717) is 6.54 Å². The Bertz CT molecular complexity index is 551. The summed E-state index contributed by atoms with van der Waals surface area (Å²) in [6.45, 7) is -0.448. The number of nitrogens with one attached hydrogen (secondary N) is 1. The minimum Gasteiger partial charge on any atom is -0.435 e. The lowest BCUT2D eigenvalue weighted by Crippen LogP contribution is -2.45.